The van der Waals surface area contributed by atoms with E-state index >= 15 is 0 Å². The molecule has 0 aliphatic rings. The molecule has 0 radical (unpaired) electrons. The highest BCUT2D eigenvalue weighted by atomic mass is 16.6. The molecule has 0 saturated heterocycles. The van der Waals surface area contributed by atoms with Gasteiger partial charge in [0.1, 0.15) is 6.61 Å². The van der Waals surface area contributed by atoms with Crippen LogP contribution >= 0.6 is 0 Å². The third-order valence-corrected chi connectivity index (χ3v) is 10.1. The Kier molecular flexibility index (Phi) is 50.1. The van der Waals surface area contributed by atoms with Crippen LogP contribution in [0.15, 0.2) is 134 Å². The van der Waals surface area contributed by atoms with Crippen molar-refractivity contribution in [3.8, 4) is 0 Å². The smallest absolute Gasteiger partial charge is 0.306 e. The normalized spacial score (nSPS) is 13.4. The van der Waals surface area contributed by atoms with Crippen LogP contribution < -0.4 is 0 Å². The highest BCUT2D eigenvalue weighted by molar-refractivity contribution is 5.70. The molecule has 0 spiro atoms. The summed E-state index contributed by atoms with van der Waals surface area (Å²) in [6.07, 6.45) is 76.1. The molecule has 0 aromatic heterocycles. The van der Waals surface area contributed by atoms with Crippen molar-refractivity contribution in [1.29, 1.82) is 0 Å². The topological polar surface area (TPSA) is 61.8 Å². The van der Waals surface area contributed by atoms with Crippen molar-refractivity contribution in [2.45, 2.75) is 207 Å². The van der Waals surface area contributed by atoms with E-state index in [9.17, 15) is 9.59 Å². The summed E-state index contributed by atoms with van der Waals surface area (Å²) in [5, 5.41) is 0. The van der Waals surface area contributed by atoms with Crippen LogP contribution in [-0.4, -0.2) is 37.9 Å². The van der Waals surface area contributed by atoms with Gasteiger partial charge >= 0.3 is 11.9 Å². The van der Waals surface area contributed by atoms with E-state index in [4.69, 9.17) is 14.2 Å². The third kappa shape index (κ3) is 50.7. The molecule has 64 heavy (non-hydrogen) atoms. The van der Waals surface area contributed by atoms with E-state index in [2.05, 4.69) is 148 Å². The molecule has 1 atom stereocenters. The van der Waals surface area contributed by atoms with E-state index in [0.29, 0.717) is 25.9 Å². The third-order valence-electron chi connectivity index (χ3n) is 10.1. The van der Waals surface area contributed by atoms with Crippen molar-refractivity contribution in [2.24, 2.45) is 0 Å². The van der Waals surface area contributed by atoms with Crippen LogP contribution in [0.25, 0.3) is 0 Å². The van der Waals surface area contributed by atoms with Gasteiger partial charge in [-0.1, -0.05) is 206 Å². The predicted octanol–water partition coefficient (Wildman–Crippen LogP) is 17.6. The second-order valence-corrected chi connectivity index (χ2v) is 16.3. The lowest BCUT2D eigenvalue weighted by Gasteiger charge is -2.18. The number of esters is 2. The summed E-state index contributed by atoms with van der Waals surface area (Å²) < 4.78 is 17.3. The van der Waals surface area contributed by atoms with E-state index in [-0.39, 0.29) is 25.2 Å². The zero-order valence-corrected chi connectivity index (χ0v) is 41.2. The number of hydrogen-bond acceptors (Lipinski definition) is 5. The lowest BCUT2D eigenvalue weighted by molar-refractivity contribution is -0.162. The van der Waals surface area contributed by atoms with Crippen molar-refractivity contribution >= 4 is 11.9 Å². The monoisotopic (exact) mass is 883 g/mol. The van der Waals surface area contributed by atoms with Crippen LogP contribution in [0.5, 0.6) is 0 Å². The maximum atomic E-state index is 12.8. The maximum absolute atomic E-state index is 12.8. The summed E-state index contributed by atoms with van der Waals surface area (Å²) in [6.45, 7) is 7.39. The predicted molar refractivity (Wildman–Crippen MR) is 278 cm³/mol. The molecular formula is C59H94O5. The number of carbonyl (C=O) groups is 2. The number of ether oxygens (including phenoxy) is 3. The minimum Gasteiger partial charge on any atom is -0.462 e. The molecule has 0 aromatic rings. The molecule has 0 aliphatic carbocycles. The number of allylic oxidation sites excluding steroid dienone is 22. The zero-order valence-electron chi connectivity index (χ0n) is 41.2. The standard InChI is InChI=1S/C59H94O5/c1-4-7-10-13-16-19-22-25-27-29-30-31-32-35-37-40-43-46-49-52-58(60)63-56-57(64-59(61)53-50-47-44-41-38-34-24-21-18-15-12-9-6-3)55-62-54-51-48-45-42-39-36-33-28-26-23-20-17-14-11-8-5-2/h7-8,10-12,15-17,19-21,24-28,30-31,35,37,43,46,57H,4-6,9,13-14,18,22-23,29,32-34,36,38-42,44-45,47-56H2,1-3H3/b10-7-,11-8-,15-12-,19-16-,20-17-,24-21-,27-25-,28-26-,31-30-,37-35-,46-43-. The largest absolute Gasteiger partial charge is 0.462 e. The Labute approximate surface area is 394 Å². The quantitative estimate of drug-likeness (QED) is 0.0346. The molecule has 5 heteroatoms. The van der Waals surface area contributed by atoms with Crippen LogP contribution in [0, 0.1) is 0 Å². The molecule has 5 nitrogen and oxygen atoms in total. The molecule has 0 amide bonds. The zero-order chi connectivity index (χ0) is 46.3. The molecular weight excluding hydrogens is 789 g/mol. The summed E-state index contributed by atoms with van der Waals surface area (Å²) in [7, 11) is 0. The average Bonchev–Trinajstić information content (AvgIpc) is 3.30. The fourth-order valence-corrected chi connectivity index (χ4v) is 6.41. The minimum atomic E-state index is -0.590. The lowest BCUT2D eigenvalue weighted by atomic mass is 10.1. The molecule has 0 aromatic carbocycles. The summed E-state index contributed by atoms with van der Waals surface area (Å²) in [4.78, 5) is 25.4. The van der Waals surface area contributed by atoms with E-state index in [1.54, 1.807) is 0 Å². The minimum absolute atomic E-state index is 0.0251. The number of hydrogen-bond donors (Lipinski definition) is 0. The number of unbranched alkanes of at least 4 members (excludes halogenated alkanes) is 12. The van der Waals surface area contributed by atoms with Crippen LogP contribution in [0.1, 0.15) is 201 Å². The summed E-state index contributed by atoms with van der Waals surface area (Å²) >= 11 is 0. The Hall–Kier alpha value is -3.96. The van der Waals surface area contributed by atoms with Gasteiger partial charge in [0.05, 0.1) is 6.61 Å². The van der Waals surface area contributed by atoms with Crippen molar-refractivity contribution < 1.29 is 23.8 Å². The summed E-state index contributed by atoms with van der Waals surface area (Å²) in [5.41, 5.74) is 0. The van der Waals surface area contributed by atoms with Gasteiger partial charge in [-0.25, -0.2) is 0 Å². The highest BCUT2D eigenvalue weighted by Crippen LogP contribution is 2.12. The molecule has 0 N–H and O–H groups in total. The fourth-order valence-electron chi connectivity index (χ4n) is 6.41. The summed E-state index contributed by atoms with van der Waals surface area (Å²) in [6, 6.07) is 0. The molecule has 0 aliphatic heterocycles. The molecule has 1 unspecified atom stereocenters. The SMILES string of the molecule is CC/C=C\C/C=C\C/C=C\C/C=C\C/C=C\C/C=C\CCC(=O)OCC(COCCCCCCCC/C=C\C/C=C\C/C=C\CC)OC(=O)CCCCCCC/C=C\C/C=C\CCC. The lowest BCUT2D eigenvalue weighted by Crippen LogP contribution is -2.30. The van der Waals surface area contributed by atoms with Gasteiger partial charge in [-0.15, -0.1) is 0 Å². The van der Waals surface area contributed by atoms with Crippen molar-refractivity contribution in [2.75, 3.05) is 19.8 Å². The van der Waals surface area contributed by atoms with Gasteiger partial charge in [0.25, 0.3) is 0 Å². The van der Waals surface area contributed by atoms with Gasteiger partial charge in [0.15, 0.2) is 6.10 Å². The molecule has 0 saturated carbocycles. The van der Waals surface area contributed by atoms with Crippen molar-refractivity contribution in [1.82, 2.24) is 0 Å². The second-order valence-electron chi connectivity index (χ2n) is 16.3. The summed E-state index contributed by atoms with van der Waals surface area (Å²) in [5.74, 6) is -0.529. The molecule has 360 valence electrons. The second kappa shape index (κ2) is 53.4. The van der Waals surface area contributed by atoms with Gasteiger partial charge in [-0.05, 0) is 116 Å². The average molecular weight is 883 g/mol. The van der Waals surface area contributed by atoms with Crippen LogP contribution in [0.3, 0.4) is 0 Å². The number of rotatable bonds is 45. The van der Waals surface area contributed by atoms with Crippen LogP contribution in [0.4, 0.5) is 0 Å². The number of carbonyl (C=O) groups excluding carboxylic acids is 2. The Morgan fingerprint density at radius 3 is 1.19 bits per heavy atom. The Balaban J connectivity index is 4.45. The van der Waals surface area contributed by atoms with Crippen LogP contribution in [0.2, 0.25) is 0 Å². The first kappa shape index (κ1) is 60.0. The van der Waals surface area contributed by atoms with E-state index in [1.165, 1.54) is 44.9 Å². The van der Waals surface area contributed by atoms with E-state index in [0.717, 1.165) is 116 Å². The first-order valence-electron chi connectivity index (χ1n) is 25.7. The Bertz CT molecular complexity index is 1370. The van der Waals surface area contributed by atoms with Gasteiger partial charge in [-0.2, -0.15) is 0 Å². The van der Waals surface area contributed by atoms with E-state index < -0.39 is 6.10 Å². The Morgan fingerprint density at radius 2 is 0.734 bits per heavy atom. The molecule has 0 rings (SSSR count). The van der Waals surface area contributed by atoms with Gasteiger partial charge in [0, 0.05) is 19.4 Å². The molecule has 0 bridgehead atoms. The maximum Gasteiger partial charge on any atom is 0.306 e. The molecule has 0 heterocycles. The van der Waals surface area contributed by atoms with E-state index in [1.807, 2.05) is 6.08 Å². The van der Waals surface area contributed by atoms with Gasteiger partial charge in [0.2, 0.25) is 0 Å². The van der Waals surface area contributed by atoms with Gasteiger partial charge in [-0.3, -0.25) is 9.59 Å². The molecule has 0 fully saturated rings. The highest BCUT2D eigenvalue weighted by Gasteiger charge is 2.17. The van der Waals surface area contributed by atoms with Gasteiger partial charge < -0.3 is 14.2 Å². The first-order valence-corrected chi connectivity index (χ1v) is 25.7. The Morgan fingerprint density at radius 1 is 0.359 bits per heavy atom. The van der Waals surface area contributed by atoms with Crippen molar-refractivity contribution in [3.63, 3.8) is 0 Å². The fraction of sp³-hybridized carbons (Fsp3) is 0.593. The van der Waals surface area contributed by atoms with Crippen LogP contribution in [-0.2, 0) is 23.8 Å². The van der Waals surface area contributed by atoms with Crippen molar-refractivity contribution in [3.05, 3.63) is 134 Å². The first-order chi connectivity index (χ1) is 31.6.